The van der Waals surface area contributed by atoms with Crippen LogP contribution in [-0.4, -0.2) is 44.0 Å². The molecule has 1 fully saturated rings. The number of rotatable bonds is 8. The van der Waals surface area contributed by atoms with Gasteiger partial charge < -0.3 is 5.32 Å². The molecular weight excluding hydrogens is 423 g/mol. The zero-order valence-corrected chi connectivity index (χ0v) is 18.6. The molecule has 1 saturated heterocycles. The number of carbonyl (C=O) groups is 1. The summed E-state index contributed by atoms with van der Waals surface area (Å²) in [6.07, 6.45) is 0.978. The van der Waals surface area contributed by atoms with Crippen LogP contribution < -0.4 is 5.32 Å². The molecule has 1 N–H and O–H groups in total. The summed E-state index contributed by atoms with van der Waals surface area (Å²) in [6, 6.07) is 13.3. The Balaban J connectivity index is 1.38. The van der Waals surface area contributed by atoms with Crippen LogP contribution in [0.3, 0.4) is 0 Å². The molecule has 0 aliphatic carbocycles. The number of sulfonamides is 1. The molecule has 0 bridgehead atoms. The fraction of sp³-hybridized carbons (Fsp3) is 0.409. The normalized spacial score (nSPS) is 15.8. The molecule has 0 unspecified atom stereocenters. The first kappa shape index (κ1) is 22.8. The van der Waals surface area contributed by atoms with E-state index in [0.717, 1.165) is 23.6 Å². The van der Waals surface area contributed by atoms with Crippen LogP contribution in [0.25, 0.3) is 0 Å². The predicted molar refractivity (Wildman–Crippen MR) is 118 cm³/mol. The Bertz CT molecular complexity index is 939. The van der Waals surface area contributed by atoms with Crippen LogP contribution in [0.15, 0.2) is 53.4 Å². The molecule has 162 valence electrons. The number of halogens is 1. The molecule has 3 rings (SSSR count). The maximum atomic E-state index is 13.1. The third-order valence-corrected chi connectivity index (χ3v) is 8.15. The number of hydrogen-bond acceptors (Lipinski definition) is 4. The van der Waals surface area contributed by atoms with Gasteiger partial charge in [0.1, 0.15) is 5.82 Å². The molecule has 2 aromatic rings. The van der Waals surface area contributed by atoms with E-state index in [1.165, 1.54) is 27.6 Å². The van der Waals surface area contributed by atoms with E-state index in [9.17, 15) is 17.6 Å². The van der Waals surface area contributed by atoms with Gasteiger partial charge in [-0.25, -0.2) is 12.8 Å². The monoisotopic (exact) mass is 450 g/mol. The number of nitrogens with one attached hydrogen (secondary N) is 1. The summed E-state index contributed by atoms with van der Waals surface area (Å²) >= 11 is 1.77. The molecule has 0 aromatic heterocycles. The SMILES string of the molecule is Cc1ccc(CSCCNC(=O)C2CCN(S(=O)(=O)c3ccc(F)cc3)CC2)cc1. The molecule has 0 saturated carbocycles. The van der Waals surface area contributed by atoms with Gasteiger partial charge in [0.25, 0.3) is 0 Å². The van der Waals surface area contributed by atoms with Gasteiger partial charge in [0.05, 0.1) is 4.90 Å². The van der Waals surface area contributed by atoms with E-state index in [1.807, 2.05) is 0 Å². The Hall–Kier alpha value is -1.90. The van der Waals surface area contributed by atoms with Crippen molar-refractivity contribution >= 4 is 27.7 Å². The van der Waals surface area contributed by atoms with Crippen LogP contribution in [0.5, 0.6) is 0 Å². The van der Waals surface area contributed by atoms with Crippen molar-refractivity contribution in [2.45, 2.75) is 30.4 Å². The van der Waals surface area contributed by atoms with Gasteiger partial charge in [-0.15, -0.1) is 0 Å². The first-order chi connectivity index (χ1) is 14.4. The van der Waals surface area contributed by atoms with Gasteiger partial charge in [0.15, 0.2) is 0 Å². The minimum Gasteiger partial charge on any atom is -0.355 e. The summed E-state index contributed by atoms with van der Waals surface area (Å²) in [5, 5.41) is 2.97. The Morgan fingerprint density at radius 3 is 2.37 bits per heavy atom. The molecule has 0 atom stereocenters. The van der Waals surface area contributed by atoms with Gasteiger partial charge in [-0.2, -0.15) is 16.1 Å². The molecule has 5 nitrogen and oxygen atoms in total. The lowest BCUT2D eigenvalue weighted by molar-refractivity contribution is -0.125. The standard InChI is InChI=1S/C22H27FN2O3S2/c1-17-2-4-18(5-3-17)16-29-15-12-24-22(26)19-10-13-25(14-11-19)30(27,28)21-8-6-20(23)7-9-21/h2-9,19H,10-16H2,1H3,(H,24,26). The summed E-state index contributed by atoms with van der Waals surface area (Å²) in [7, 11) is -3.65. The molecule has 2 aromatic carbocycles. The molecule has 0 spiro atoms. The van der Waals surface area contributed by atoms with Crippen molar-refractivity contribution in [1.82, 2.24) is 9.62 Å². The number of benzene rings is 2. The van der Waals surface area contributed by atoms with Gasteiger partial charge in [-0.05, 0) is 49.6 Å². The average Bonchev–Trinajstić information content (AvgIpc) is 2.75. The fourth-order valence-electron chi connectivity index (χ4n) is 3.38. The number of aryl methyl sites for hydroxylation is 1. The van der Waals surface area contributed by atoms with Crippen molar-refractivity contribution < 1.29 is 17.6 Å². The van der Waals surface area contributed by atoms with Gasteiger partial charge >= 0.3 is 0 Å². The summed E-state index contributed by atoms with van der Waals surface area (Å²) in [6.45, 7) is 3.25. The summed E-state index contributed by atoms with van der Waals surface area (Å²) < 4.78 is 39.7. The second kappa shape index (κ2) is 10.4. The highest BCUT2D eigenvalue weighted by atomic mass is 32.2. The van der Waals surface area contributed by atoms with Crippen molar-refractivity contribution in [3.63, 3.8) is 0 Å². The Kier molecular flexibility index (Phi) is 7.91. The molecule has 1 heterocycles. The van der Waals surface area contributed by atoms with E-state index in [0.29, 0.717) is 32.5 Å². The maximum Gasteiger partial charge on any atom is 0.243 e. The summed E-state index contributed by atoms with van der Waals surface area (Å²) in [5.74, 6) is 1.09. The number of piperidine rings is 1. The maximum absolute atomic E-state index is 13.1. The topological polar surface area (TPSA) is 66.5 Å². The number of thioether (sulfide) groups is 1. The van der Waals surface area contributed by atoms with Crippen molar-refractivity contribution in [3.05, 3.63) is 65.5 Å². The third-order valence-electron chi connectivity index (χ3n) is 5.21. The number of amides is 1. The molecule has 1 aliphatic heterocycles. The molecule has 1 amide bonds. The van der Waals surface area contributed by atoms with E-state index in [1.54, 1.807) is 11.8 Å². The van der Waals surface area contributed by atoms with Crippen LogP contribution in [0, 0.1) is 18.7 Å². The van der Waals surface area contributed by atoms with E-state index >= 15 is 0 Å². The van der Waals surface area contributed by atoms with E-state index in [2.05, 4.69) is 36.5 Å². The largest absolute Gasteiger partial charge is 0.355 e. The second-order valence-electron chi connectivity index (χ2n) is 7.46. The summed E-state index contributed by atoms with van der Waals surface area (Å²) in [4.78, 5) is 12.5. The second-order valence-corrected chi connectivity index (χ2v) is 10.5. The fourth-order valence-corrected chi connectivity index (χ4v) is 5.67. The van der Waals surface area contributed by atoms with E-state index in [-0.39, 0.29) is 16.7 Å². The molecule has 30 heavy (non-hydrogen) atoms. The lowest BCUT2D eigenvalue weighted by Crippen LogP contribution is -2.43. The van der Waals surface area contributed by atoms with Gasteiger partial charge in [0, 0.05) is 37.1 Å². The minimum atomic E-state index is -3.65. The van der Waals surface area contributed by atoms with Crippen molar-refractivity contribution in [3.8, 4) is 0 Å². The van der Waals surface area contributed by atoms with Crippen LogP contribution in [-0.2, 0) is 20.6 Å². The van der Waals surface area contributed by atoms with Gasteiger partial charge in [-0.3, -0.25) is 4.79 Å². The summed E-state index contributed by atoms with van der Waals surface area (Å²) in [5.41, 5.74) is 2.51. The number of nitrogens with zero attached hydrogens (tertiary/aromatic N) is 1. The Morgan fingerprint density at radius 2 is 1.73 bits per heavy atom. The zero-order valence-electron chi connectivity index (χ0n) is 17.0. The van der Waals surface area contributed by atoms with Crippen LogP contribution >= 0.6 is 11.8 Å². The molecular formula is C22H27FN2O3S2. The third kappa shape index (κ3) is 6.06. The molecule has 1 aliphatic rings. The number of carbonyl (C=O) groups excluding carboxylic acids is 1. The van der Waals surface area contributed by atoms with Crippen LogP contribution in [0.1, 0.15) is 24.0 Å². The minimum absolute atomic E-state index is 0.00948. The number of hydrogen-bond donors (Lipinski definition) is 1. The van der Waals surface area contributed by atoms with Crippen molar-refractivity contribution in [2.75, 3.05) is 25.4 Å². The average molecular weight is 451 g/mol. The smallest absolute Gasteiger partial charge is 0.243 e. The Morgan fingerprint density at radius 1 is 1.10 bits per heavy atom. The predicted octanol–water partition coefficient (Wildman–Crippen LogP) is 3.58. The Labute approximate surface area is 182 Å². The first-order valence-electron chi connectivity index (χ1n) is 10.0. The molecule has 0 radical (unpaired) electrons. The lowest BCUT2D eigenvalue weighted by Gasteiger charge is -2.30. The quantitative estimate of drug-likeness (QED) is 0.625. The molecule has 8 heteroatoms. The van der Waals surface area contributed by atoms with Gasteiger partial charge in [-0.1, -0.05) is 29.8 Å². The van der Waals surface area contributed by atoms with E-state index in [4.69, 9.17) is 0 Å². The highest BCUT2D eigenvalue weighted by Gasteiger charge is 2.31. The van der Waals surface area contributed by atoms with Crippen molar-refractivity contribution in [1.29, 1.82) is 0 Å². The van der Waals surface area contributed by atoms with E-state index < -0.39 is 15.8 Å². The van der Waals surface area contributed by atoms with Crippen LogP contribution in [0.2, 0.25) is 0 Å². The zero-order chi connectivity index (χ0) is 21.6. The van der Waals surface area contributed by atoms with Gasteiger partial charge in [0.2, 0.25) is 15.9 Å². The van der Waals surface area contributed by atoms with Crippen LogP contribution in [0.4, 0.5) is 4.39 Å². The highest BCUT2D eigenvalue weighted by molar-refractivity contribution is 7.98. The lowest BCUT2D eigenvalue weighted by atomic mass is 9.97. The highest BCUT2D eigenvalue weighted by Crippen LogP contribution is 2.24. The first-order valence-corrected chi connectivity index (χ1v) is 12.6. The van der Waals surface area contributed by atoms with Crippen molar-refractivity contribution in [2.24, 2.45) is 5.92 Å².